The zero-order valence-corrected chi connectivity index (χ0v) is 18.8. The highest BCUT2D eigenvalue weighted by Gasteiger charge is 2.21. The van der Waals surface area contributed by atoms with Crippen molar-refractivity contribution in [2.24, 2.45) is 10.7 Å². The lowest BCUT2D eigenvalue weighted by molar-refractivity contribution is 0.893. The Morgan fingerprint density at radius 2 is 1.72 bits per heavy atom. The lowest BCUT2D eigenvalue weighted by Crippen LogP contribution is -2.32. The summed E-state index contributed by atoms with van der Waals surface area (Å²) in [5, 5.41) is 0.571. The van der Waals surface area contributed by atoms with Crippen molar-refractivity contribution < 1.29 is 0 Å². The van der Waals surface area contributed by atoms with E-state index in [9.17, 15) is 4.79 Å². The predicted molar refractivity (Wildman–Crippen MR) is 125 cm³/mol. The van der Waals surface area contributed by atoms with E-state index in [1.54, 1.807) is 23.4 Å². The van der Waals surface area contributed by atoms with Crippen molar-refractivity contribution in [2.45, 2.75) is 23.8 Å². The highest BCUT2D eigenvalue weighted by molar-refractivity contribution is 7.98. The molecule has 1 aromatic heterocycles. The van der Waals surface area contributed by atoms with E-state index in [1.165, 1.54) is 11.8 Å². The first-order valence-corrected chi connectivity index (χ1v) is 11.5. The topological polar surface area (TPSA) is 73.3 Å². The minimum atomic E-state index is -0.223. The van der Waals surface area contributed by atoms with Crippen LogP contribution in [-0.2, 0) is 0 Å². The smallest absolute Gasteiger partial charge is 0.270 e. The minimum Gasteiger partial charge on any atom is -0.383 e. The Balaban J connectivity index is 2.40. The summed E-state index contributed by atoms with van der Waals surface area (Å²) in [6.45, 7) is 4.08. The Kier molecular flexibility index (Phi) is 6.49. The number of aliphatic imine (C=N–C) groups is 1. The second-order valence-electron chi connectivity index (χ2n) is 6.57. The van der Waals surface area contributed by atoms with Crippen LogP contribution in [0.15, 0.2) is 62.2 Å². The van der Waals surface area contributed by atoms with E-state index in [1.807, 2.05) is 68.8 Å². The third kappa shape index (κ3) is 4.11. The lowest BCUT2D eigenvalue weighted by atomic mass is 10.1. The zero-order chi connectivity index (χ0) is 21.1. The van der Waals surface area contributed by atoms with Gasteiger partial charge in [0.1, 0.15) is 22.2 Å². The number of nitrogens with two attached hydrogens (primary N) is 1. The van der Waals surface area contributed by atoms with E-state index >= 15 is 0 Å². The number of aromatic nitrogens is 2. The number of rotatable bonds is 5. The summed E-state index contributed by atoms with van der Waals surface area (Å²) in [5.41, 5.74) is 10.1. The van der Waals surface area contributed by atoms with E-state index in [-0.39, 0.29) is 11.4 Å². The Morgan fingerprint density at radius 1 is 1.03 bits per heavy atom. The van der Waals surface area contributed by atoms with Gasteiger partial charge in [-0.25, -0.2) is 4.98 Å². The number of nitrogens with zero attached hydrogens (tertiary/aromatic N) is 3. The second-order valence-corrected chi connectivity index (χ2v) is 8.24. The summed E-state index contributed by atoms with van der Waals surface area (Å²) >= 11 is 3.06. The Labute approximate surface area is 179 Å². The first-order valence-electron chi connectivity index (χ1n) is 9.07. The molecular weight excluding hydrogens is 400 g/mol. The van der Waals surface area contributed by atoms with Crippen LogP contribution in [0.3, 0.4) is 0 Å². The van der Waals surface area contributed by atoms with Gasteiger partial charge in [-0.05, 0) is 61.8 Å². The van der Waals surface area contributed by atoms with Crippen molar-refractivity contribution in [2.75, 3.05) is 19.6 Å². The van der Waals surface area contributed by atoms with Crippen LogP contribution in [0, 0.1) is 13.8 Å². The maximum atomic E-state index is 13.6. The van der Waals surface area contributed by atoms with Crippen LogP contribution >= 0.6 is 23.5 Å². The van der Waals surface area contributed by atoms with Crippen molar-refractivity contribution >= 4 is 29.4 Å². The Hall–Kier alpha value is -2.51. The molecule has 0 amide bonds. The van der Waals surface area contributed by atoms with Crippen LogP contribution in [0.1, 0.15) is 16.7 Å². The largest absolute Gasteiger partial charge is 0.383 e. The molecule has 1 heterocycles. The van der Waals surface area contributed by atoms with Crippen LogP contribution < -0.4 is 11.3 Å². The van der Waals surface area contributed by atoms with Crippen LogP contribution in [0.25, 0.3) is 17.1 Å². The number of aryl methyl sites for hydroxylation is 2. The molecule has 0 aliphatic heterocycles. The van der Waals surface area contributed by atoms with E-state index < -0.39 is 0 Å². The molecule has 2 aromatic carbocycles. The average molecular weight is 425 g/mol. The molecule has 5 nitrogen and oxygen atoms in total. The van der Waals surface area contributed by atoms with E-state index in [0.717, 1.165) is 27.3 Å². The highest BCUT2D eigenvalue weighted by atomic mass is 32.2. The van der Waals surface area contributed by atoms with Crippen LogP contribution in [0.2, 0.25) is 0 Å². The van der Waals surface area contributed by atoms with Crippen molar-refractivity contribution in [1.82, 2.24) is 9.55 Å². The standard InChI is InChI=1S/C22H24N4OS2/c1-13-6-9-16(12-14(13)2)26-20(15-7-10-17(28-4)11-8-15)25-21(29-5)18(22(26)27)19(23)24-3/h6-12H,1-5H3,(H2,23,24). The fourth-order valence-electron chi connectivity index (χ4n) is 3.02. The summed E-state index contributed by atoms with van der Waals surface area (Å²) in [6.07, 6.45) is 3.92. The average Bonchev–Trinajstić information content (AvgIpc) is 2.74. The summed E-state index contributed by atoms with van der Waals surface area (Å²) in [7, 11) is 1.58. The first kappa shape index (κ1) is 21.2. The molecular formula is C22H24N4OS2. The molecule has 29 heavy (non-hydrogen) atoms. The lowest BCUT2D eigenvalue weighted by Gasteiger charge is -2.17. The van der Waals surface area contributed by atoms with E-state index in [0.29, 0.717) is 16.4 Å². The van der Waals surface area contributed by atoms with Gasteiger partial charge >= 0.3 is 0 Å². The quantitative estimate of drug-likeness (QED) is 0.286. The molecule has 0 fully saturated rings. The monoisotopic (exact) mass is 424 g/mol. The fourth-order valence-corrected chi connectivity index (χ4v) is 4.00. The molecule has 7 heteroatoms. The van der Waals surface area contributed by atoms with Gasteiger partial charge in [-0.1, -0.05) is 18.2 Å². The van der Waals surface area contributed by atoms with Crippen LogP contribution in [-0.4, -0.2) is 34.9 Å². The normalized spacial score (nSPS) is 11.7. The number of benzene rings is 2. The maximum Gasteiger partial charge on any atom is 0.270 e. The molecule has 3 aromatic rings. The van der Waals surface area contributed by atoms with Gasteiger partial charge < -0.3 is 5.73 Å². The molecule has 0 saturated heterocycles. The van der Waals surface area contributed by atoms with Gasteiger partial charge in [-0.3, -0.25) is 14.4 Å². The molecule has 3 rings (SSSR count). The van der Waals surface area contributed by atoms with Gasteiger partial charge in [0.15, 0.2) is 0 Å². The number of amidine groups is 1. The Bertz CT molecular complexity index is 1130. The molecule has 150 valence electrons. The minimum absolute atomic E-state index is 0.189. The molecule has 0 spiro atoms. The summed E-state index contributed by atoms with van der Waals surface area (Å²) in [6, 6.07) is 14.0. The summed E-state index contributed by atoms with van der Waals surface area (Å²) < 4.78 is 1.63. The van der Waals surface area contributed by atoms with Crippen molar-refractivity contribution in [3.05, 3.63) is 69.5 Å². The number of hydrogen-bond acceptors (Lipinski definition) is 5. The molecule has 0 atom stereocenters. The second kappa shape index (κ2) is 8.88. The summed E-state index contributed by atoms with van der Waals surface area (Å²) in [5.74, 6) is 0.775. The van der Waals surface area contributed by atoms with Gasteiger partial charge in [-0.15, -0.1) is 23.5 Å². The molecule has 0 aliphatic rings. The van der Waals surface area contributed by atoms with Crippen molar-refractivity contribution in [1.29, 1.82) is 0 Å². The summed E-state index contributed by atoms with van der Waals surface area (Å²) in [4.78, 5) is 23.6. The van der Waals surface area contributed by atoms with Crippen LogP contribution in [0.4, 0.5) is 0 Å². The first-order chi connectivity index (χ1) is 13.9. The number of hydrogen-bond donors (Lipinski definition) is 1. The maximum absolute atomic E-state index is 13.6. The van der Waals surface area contributed by atoms with Gasteiger partial charge in [0, 0.05) is 17.5 Å². The molecule has 0 bridgehead atoms. The SMILES string of the molecule is CN=C(N)c1c(SC)nc(-c2ccc(SC)cc2)n(-c2ccc(C)c(C)c2)c1=O. The van der Waals surface area contributed by atoms with Gasteiger partial charge in [0.2, 0.25) is 0 Å². The van der Waals surface area contributed by atoms with Crippen molar-refractivity contribution in [3.8, 4) is 17.1 Å². The molecule has 0 unspecified atom stereocenters. The van der Waals surface area contributed by atoms with Gasteiger partial charge in [0.25, 0.3) is 5.56 Å². The van der Waals surface area contributed by atoms with Crippen LogP contribution in [0.5, 0.6) is 0 Å². The third-order valence-corrected chi connectivity index (χ3v) is 6.26. The van der Waals surface area contributed by atoms with Gasteiger partial charge in [-0.2, -0.15) is 0 Å². The zero-order valence-electron chi connectivity index (χ0n) is 17.2. The van der Waals surface area contributed by atoms with Gasteiger partial charge in [0.05, 0.1) is 5.69 Å². The van der Waals surface area contributed by atoms with Crippen molar-refractivity contribution in [3.63, 3.8) is 0 Å². The third-order valence-electron chi connectivity index (χ3n) is 4.84. The molecule has 0 saturated carbocycles. The molecule has 0 aliphatic carbocycles. The number of thioether (sulfide) groups is 2. The fraction of sp³-hybridized carbons (Fsp3) is 0.227. The highest BCUT2D eigenvalue weighted by Crippen LogP contribution is 2.27. The molecule has 2 N–H and O–H groups in total. The van der Waals surface area contributed by atoms with E-state index in [4.69, 9.17) is 10.7 Å². The molecule has 0 radical (unpaired) electrons. The predicted octanol–water partition coefficient (Wildman–Crippen LogP) is 4.30. The van der Waals surface area contributed by atoms with E-state index in [2.05, 4.69) is 4.99 Å². The Morgan fingerprint density at radius 3 is 2.28 bits per heavy atom.